The van der Waals surface area contributed by atoms with Gasteiger partial charge in [-0.15, -0.1) is 0 Å². The fourth-order valence-corrected chi connectivity index (χ4v) is 3.00. The van der Waals surface area contributed by atoms with Crippen LogP contribution in [-0.4, -0.2) is 25.9 Å². The van der Waals surface area contributed by atoms with E-state index in [1.54, 1.807) is 0 Å². The summed E-state index contributed by atoms with van der Waals surface area (Å²) in [5.41, 5.74) is 7.43. The predicted molar refractivity (Wildman–Crippen MR) is 80.3 cm³/mol. The van der Waals surface area contributed by atoms with Crippen molar-refractivity contribution in [2.45, 2.75) is 32.7 Å². The summed E-state index contributed by atoms with van der Waals surface area (Å²) < 4.78 is 10.8. The van der Waals surface area contributed by atoms with E-state index in [4.69, 9.17) is 15.2 Å². The van der Waals surface area contributed by atoms with E-state index in [1.165, 1.54) is 12.1 Å². The van der Waals surface area contributed by atoms with Gasteiger partial charge < -0.3 is 20.1 Å². The lowest BCUT2D eigenvalue weighted by atomic mass is 9.93. The molecule has 1 saturated heterocycles. The fourth-order valence-electron chi connectivity index (χ4n) is 3.00. The van der Waals surface area contributed by atoms with E-state index in [1.807, 2.05) is 6.07 Å². The second-order valence-corrected chi connectivity index (χ2v) is 6.28. The highest BCUT2D eigenvalue weighted by Crippen LogP contribution is 2.37. The van der Waals surface area contributed by atoms with Crippen molar-refractivity contribution in [1.82, 2.24) is 0 Å². The van der Waals surface area contributed by atoms with E-state index in [-0.39, 0.29) is 0 Å². The molecule has 0 amide bonds. The summed E-state index contributed by atoms with van der Waals surface area (Å²) in [5, 5.41) is 0. The first kappa shape index (κ1) is 13.6. The van der Waals surface area contributed by atoms with E-state index in [0.29, 0.717) is 24.7 Å². The van der Waals surface area contributed by atoms with Gasteiger partial charge in [-0.1, -0.05) is 13.8 Å². The van der Waals surface area contributed by atoms with Crippen LogP contribution in [0, 0.1) is 11.8 Å². The first-order valence-corrected chi connectivity index (χ1v) is 7.53. The van der Waals surface area contributed by atoms with Gasteiger partial charge in [-0.05, 0) is 36.8 Å². The molecule has 0 radical (unpaired) electrons. The van der Waals surface area contributed by atoms with Crippen LogP contribution in [0.15, 0.2) is 18.2 Å². The molecule has 2 atom stereocenters. The molecule has 4 heteroatoms. The molecule has 2 aliphatic heterocycles. The van der Waals surface area contributed by atoms with Crippen molar-refractivity contribution in [3.8, 4) is 11.5 Å². The minimum absolute atomic E-state index is 0.316. The van der Waals surface area contributed by atoms with E-state index < -0.39 is 0 Å². The zero-order valence-electron chi connectivity index (χ0n) is 12.3. The zero-order chi connectivity index (χ0) is 14.1. The lowest BCUT2D eigenvalue weighted by Gasteiger charge is -2.22. The predicted octanol–water partition coefficient (Wildman–Crippen LogP) is 2.62. The van der Waals surface area contributed by atoms with E-state index in [2.05, 4.69) is 30.9 Å². The molecule has 0 bridgehead atoms. The molecule has 1 aromatic rings. The highest BCUT2D eigenvalue weighted by Gasteiger charge is 2.26. The molecule has 0 spiro atoms. The third-order valence-corrected chi connectivity index (χ3v) is 4.47. The Morgan fingerprint density at radius 1 is 1.30 bits per heavy atom. The van der Waals surface area contributed by atoms with Gasteiger partial charge in [-0.2, -0.15) is 0 Å². The molecule has 4 nitrogen and oxygen atoms in total. The number of anilines is 1. The van der Waals surface area contributed by atoms with Gasteiger partial charge >= 0.3 is 0 Å². The highest BCUT2D eigenvalue weighted by molar-refractivity contribution is 5.57. The third kappa shape index (κ3) is 2.70. The molecule has 2 heterocycles. The quantitative estimate of drug-likeness (QED) is 0.918. The number of fused-ring (bicyclic) bond motifs is 1. The zero-order valence-corrected chi connectivity index (χ0v) is 12.3. The molecule has 0 aliphatic carbocycles. The van der Waals surface area contributed by atoms with Gasteiger partial charge in [0.1, 0.15) is 0 Å². The normalized spacial score (nSPS) is 22.6. The van der Waals surface area contributed by atoms with Gasteiger partial charge in [-0.25, -0.2) is 0 Å². The maximum Gasteiger partial charge on any atom is 0.231 e. The Morgan fingerprint density at radius 3 is 2.90 bits per heavy atom. The molecule has 20 heavy (non-hydrogen) atoms. The molecule has 3 rings (SSSR count). The summed E-state index contributed by atoms with van der Waals surface area (Å²) in [6.07, 6.45) is 2.35. The number of hydrogen-bond donors (Lipinski definition) is 1. The standard InChI is InChI=1S/C16H24N2O2/c1-11(2)14(17)7-12-5-6-18(9-12)13-3-4-15-16(8-13)20-10-19-15/h3-4,8,11-12,14H,5-7,9-10,17H2,1-2H3. The summed E-state index contributed by atoms with van der Waals surface area (Å²) in [5.74, 6) is 2.99. The monoisotopic (exact) mass is 276 g/mol. The third-order valence-electron chi connectivity index (χ3n) is 4.47. The van der Waals surface area contributed by atoms with Crippen LogP contribution in [0.5, 0.6) is 11.5 Å². The SMILES string of the molecule is CC(C)C(N)CC1CCN(c2ccc3c(c2)OCO3)C1. The minimum atomic E-state index is 0.316. The molecule has 1 fully saturated rings. The van der Waals surface area contributed by atoms with Crippen molar-refractivity contribution >= 4 is 5.69 Å². The van der Waals surface area contributed by atoms with Gasteiger partial charge in [0.05, 0.1) is 0 Å². The first-order chi connectivity index (χ1) is 9.63. The van der Waals surface area contributed by atoms with Crippen LogP contribution in [0.2, 0.25) is 0 Å². The van der Waals surface area contributed by atoms with Crippen LogP contribution in [0.25, 0.3) is 0 Å². The van der Waals surface area contributed by atoms with Crippen molar-refractivity contribution in [2.24, 2.45) is 17.6 Å². The minimum Gasteiger partial charge on any atom is -0.454 e. The van der Waals surface area contributed by atoms with Gasteiger partial charge in [0.2, 0.25) is 6.79 Å². The van der Waals surface area contributed by atoms with Crippen molar-refractivity contribution < 1.29 is 9.47 Å². The number of benzene rings is 1. The molecular formula is C16H24N2O2. The Hall–Kier alpha value is -1.42. The number of nitrogens with two attached hydrogens (primary N) is 1. The van der Waals surface area contributed by atoms with Crippen LogP contribution < -0.4 is 20.1 Å². The highest BCUT2D eigenvalue weighted by atomic mass is 16.7. The smallest absolute Gasteiger partial charge is 0.231 e. The van der Waals surface area contributed by atoms with Crippen LogP contribution >= 0.6 is 0 Å². The van der Waals surface area contributed by atoms with Crippen LogP contribution in [0.4, 0.5) is 5.69 Å². The van der Waals surface area contributed by atoms with Crippen molar-refractivity contribution in [3.63, 3.8) is 0 Å². The lowest BCUT2D eigenvalue weighted by molar-refractivity contribution is 0.174. The summed E-state index contributed by atoms with van der Waals surface area (Å²) in [6.45, 7) is 6.95. The van der Waals surface area contributed by atoms with Crippen molar-refractivity contribution in [2.75, 3.05) is 24.8 Å². The Labute approximate surface area is 120 Å². The van der Waals surface area contributed by atoms with Crippen LogP contribution in [0.3, 0.4) is 0 Å². The molecule has 2 unspecified atom stereocenters. The fraction of sp³-hybridized carbons (Fsp3) is 0.625. The first-order valence-electron chi connectivity index (χ1n) is 7.53. The Morgan fingerprint density at radius 2 is 2.10 bits per heavy atom. The van der Waals surface area contributed by atoms with Crippen LogP contribution in [0.1, 0.15) is 26.7 Å². The molecule has 0 saturated carbocycles. The maximum absolute atomic E-state index is 6.20. The number of ether oxygens (including phenoxy) is 2. The van der Waals surface area contributed by atoms with Crippen LogP contribution in [-0.2, 0) is 0 Å². The maximum atomic E-state index is 6.20. The van der Waals surface area contributed by atoms with Crippen molar-refractivity contribution in [1.29, 1.82) is 0 Å². The molecule has 2 aliphatic rings. The van der Waals surface area contributed by atoms with E-state index >= 15 is 0 Å². The molecule has 2 N–H and O–H groups in total. The Balaban J connectivity index is 1.62. The summed E-state index contributed by atoms with van der Waals surface area (Å²) >= 11 is 0. The average Bonchev–Trinajstić information content (AvgIpc) is 3.05. The topological polar surface area (TPSA) is 47.7 Å². The van der Waals surface area contributed by atoms with Gasteiger partial charge in [0, 0.05) is 30.9 Å². The number of nitrogens with zero attached hydrogens (tertiary/aromatic N) is 1. The lowest BCUT2D eigenvalue weighted by Crippen LogP contribution is -2.30. The molecule has 0 aromatic heterocycles. The largest absolute Gasteiger partial charge is 0.454 e. The summed E-state index contributed by atoms with van der Waals surface area (Å²) in [7, 11) is 0. The van der Waals surface area contributed by atoms with Gasteiger partial charge in [0.15, 0.2) is 11.5 Å². The number of rotatable bonds is 4. The molecule has 110 valence electrons. The van der Waals surface area contributed by atoms with E-state index in [9.17, 15) is 0 Å². The van der Waals surface area contributed by atoms with E-state index in [0.717, 1.165) is 31.0 Å². The summed E-state index contributed by atoms with van der Waals surface area (Å²) in [6, 6.07) is 6.53. The Kier molecular flexibility index (Phi) is 3.74. The Bertz CT molecular complexity index is 476. The number of hydrogen-bond acceptors (Lipinski definition) is 4. The molecular weight excluding hydrogens is 252 g/mol. The molecule has 1 aromatic carbocycles. The average molecular weight is 276 g/mol. The second-order valence-electron chi connectivity index (χ2n) is 6.28. The van der Waals surface area contributed by atoms with Crippen molar-refractivity contribution in [3.05, 3.63) is 18.2 Å². The second kappa shape index (κ2) is 5.52. The van der Waals surface area contributed by atoms with Gasteiger partial charge in [-0.3, -0.25) is 0 Å². The van der Waals surface area contributed by atoms with Gasteiger partial charge in [0.25, 0.3) is 0 Å². The summed E-state index contributed by atoms with van der Waals surface area (Å²) in [4.78, 5) is 2.43.